The van der Waals surface area contributed by atoms with Crippen molar-refractivity contribution in [1.82, 2.24) is 4.90 Å². The first-order valence-electron chi connectivity index (χ1n) is 11.4. The Balaban J connectivity index is 1.48. The summed E-state index contributed by atoms with van der Waals surface area (Å²) >= 11 is 0. The normalized spacial score (nSPS) is 23.2. The summed E-state index contributed by atoms with van der Waals surface area (Å²) in [6.07, 6.45) is -4.87. The van der Waals surface area contributed by atoms with Crippen molar-refractivity contribution in [2.75, 3.05) is 33.4 Å². The van der Waals surface area contributed by atoms with Crippen LogP contribution in [0.2, 0.25) is 0 Å². The second-order valence-electron chi connectivity index (χ2n) is 9.02. The highest BCUT2D eigenvalue weighted by Crippen LogP contribution is 2.47. The molecule has 0 saturated carbocycles. The van der Waals surface area contributed by atoms with Gasteiger partial charge in [-0.2, -0.15) is 0 Å². The van der Waals surface area contributed by atoms with E-state index in [4.69, 9.17) is 18.9 Å². The first kappa shape index (κ1) is 26.3. The van der Waals surface area contributed by atoms with E-state index in [9.17, 15) is 22.4 Å². The van der Waals surface area contributed by atoms with E-state index in [1.54, 1.807) is 32.7 Å². The third kappa shape index (κ3) is 5.63. The SMILES string of the molecule is BC1(B)OC2CN(C(=O)c3ccc(OCCOC(F)(F)F)c(OC)c3)CCC2(c2cccc(F)c2)O1. The molecular formula is C23H25B2F4NO6. The summed E-state index contributed by atoms with van der Waals surface area (Å²) in [6.45, 7) is -0.491. The summed E-state index contributed by atoms with van der Waals surface area (Å²) in [4.78, 5) is 14.9. The van der Waals surface area contributed by atoms with Gasteiger partial charge in [0.15, 0.2) is 27.2 Å². The molecule has 1 amide bonds. The Labute approximate surface area is 207 Å². The maximum atomic E-state index is 14.0. The summed E-state index contributed by atoms with van der Waals surface area (Å²) in [5, 5.41) is 0. The highest BCUT2D eigenvalue weighted by molar-refractivity contribution is 6.38. The Hall–Kier alpha value is -2.76. The van der Waals surface area contributed by atoms with Crippen molar-refractivity contribution >= 4 is 21.6 Å². The van der Waals surface area contributed by atoms with Crippen LogP contribution in [0.25, 0.3) is 0 Å². The number of benzene rings is 2. The zero-order valence-electron chi connectivity index (χ0n) is 20.1. The van der Waals surface area contributed by atoms with Crippen molar-refractivity contribution in [3.05, 3.63) is 59.4 Å². The van der Waals surface area contributed by atoms with Crippen LogP contribution in [0.15, 0.2) is 42.5 Å². The Morgan fingerprint density at radius 1 is 1.17 bits per heavy atom. The van der Waals surface area contributed by atoms with Gasteiger partial charge < -0.3 is 23.8 Å². The lowest BCUT2D eigenvalue weighted by atomic mass is 9.76. The lowest BCUT2D eigenvalue weighted by Gasteiger charge is -2.42. The van der Waals surface area contributed by atoms with Crippen LogP contribution in [-0.2, 0) is 19.8 Å². The van der Waals surface area contributed by atoms with Crippen LogP contribution >= 0.6 is 0 Å². The fourth-order valence-electron chi connectivity index (χ4n) is 4.69. The van der Waals surface area contributed by atoms with E-state index >= 15 is 0 Å². The number of hydrogen-bond acceptors (Lipinski definition) is 6. The number of ether oxygens (including phenoxy) is 5. The highest BCUT2D eigenvalue weighted by atomic mass is 19.4. The zero-order valence-corrected chi connectivity index (χ0v) is 20.1. The summed E-state index contributed by atoms with van der Waals surface area (Å²) < 4.78 is 77.1. The molecule has 13 heteroatoms. The lowest BCUT2D eigenvalue weighted by Crippen LogP contribution is -2.53. The van der Waals surface area contributed by atoms with Gasteiger partial charge in [0.1, 0.15) is 24.1 Å². The van der Waals surface area contributed by atoms with Gasteiger partial charge in [-0.3, -0.25) is 9.53 Å². The fraction of sp³-hybridized carbons (Fsp3) is 0.435. The number of piperidine rings is 1. The molecule has 0 N–H and O–H groups in total. The Morgan fingerprint density at radius 3 is 2.64 bits per heavy atom. The van der Waals surface area contributed by atoms with Crippen molar-refractivity contribution in [2.24, 2.45) is 0 Å². The summed E-state index contributed by atoms with van der Waals surface area (Å²) in [7, 11) is 4.92. The molecule has 2 saturated heterocycles. The van der Waals surface area contributed by atoms with Gasteiger partial charge in [-0.15, -0.1) is 13.2 Å². The number of amides is 1. The third-order valence-corrected chi connectivity index (χ3v) is 6.13. The van der Waals surface area contributed by atoms with Crippen molar-refractivity contribution in [1.29, 1.82) is 0 Å². The Kier molecular flexibility index (Phi) is 7.27. The standard InChI is InChI=1S/C23H25B2F4NO6/c1-32-18-11-14(5-6-17(18)33-9-10-34-23(27,28)29)20(31)30-8-7-21(15-3-2-4-16(26)12-15)19(13-30)35-22(24,25)36-21/h2-6,11-12,19H,7-10,13,24-25H2,1H3. The third-order valence-electron chi connectivity index (χ3n) is 6.13. The van der Waals surface area contributed by atoms with Gasteiger partial charge >= 0.3 is 6.36 Å². The van der Waals surface area contributed by atoms with Gasteiger partial charge in [0.05, 0.1) is 25.8 Å². The number of carbonyl (C=O) groups excluding carboxylic acids is 1. The fourth-order valence-corrected chi connectivity index (χ4v) is 4.69. The highest BCUT2D eigenvalue weighted by Gasteiger charge is 2.56. The average molecular weight is 509 g/mol. The molecule has 2 heterocycles. The van der Waals surface area contributed by atoms with Crippen molar-refractivity contribution in [3.8, 4) is 11.5 Å². The topological polar surface area (TPSA) is 66.5 Å². The number of fused-ring (bicyclic) bond motifs is 1. The van der Waals surface area contributed by atoms with Gasteiger partial charge in [-0.1, -0.05) is 12.1 Å². The Bertz CT molecular complexity index is 1120. The number of carbonyl (C=O) groups is 1. The molecule has 2 atom stereocenters. The number of rotatable bonds is 7. The van der Waals surface area contributed by atoms with Gasteiger partial charge in [-0.25, -0.2) is 4.39 Å². The molecule has 0 aromatic heterocycles. The molecule has 2 aromatic rings. The van der Waals surface area contributed by atoms with Crippen molar-refractivity contribution in [2.45, 2.75) is 30.1 Å². The average Bonchev–Trinajstić information content (AvgIpc) is 3.11. The maximum absolute atomic E-state index is 14.0. The molecule has 2 unspecified atom stereocenters. The van der Waals surface area contributed by atoms with E-state index in [1.165, 1.54) is 37.4 Å². The molecule has 2 fully saturated rings. The molecule has 2 aliphatic rings. The molecule has 2 aromatic carbocycles. The van der Waals surface area contributed by atoms with Crippen LogP contribution in [0.3, 0.4) is 0 Å². The Morgan fingerprint density at radius 2 is 1.94 bits per heavy atom. The zero-order chi connectivity index (χ0) is 26.1. The molecule has 4 rings (SSSR count). The van der Waals surface area contributed by atoms with E-state index in [0.29, 0.717) is 24.1 Å². The minimum atomic E-state index is -4.74. The molecule has 2 aliphatic heterocycles. The number of halogens is 4. The summed E-state index contributed by atoms with van der Waals surface area (Å²) in [6, 6.07) is 10.6. The number of methoxy groups -OCH3 is 1. The van der Waals surface area contributed by atoms with E-state index in [0.717, 1.165) is 0 Å². The van der Waals surface area contributed by atoms with Crippen LogP contribution in [0.1, 0.15) is 22.3 Å². The molecule has 0 bridgehead atoms. The molecule has 36 heavy (non-hydrogen) atoms. The molecule has 0 spiro atoms. The van der Waals surface area contributed by atoms with Crippen LogP contribution < -0.4 is 9.47 Å². The van der Waals surface area contributed by atoms with E-state index < -0.39 is 30.3 Å². The van der Waals surface area contributed by atoms with Crippen LogP contribution in [0.4, 0.5) is 17.6 Å². The smallest absolute Gasteiger partial charge is 0.493 e. The van der Waals surface area contributed by atoms with Crippen molar-refractivity contribution < 1.29 is 46.0 Å². The van der Waals surface area contributed by atoms with Crippen LogP contribution in [0, 0.1) is 5.82 Å². The largest absolute Gasteiger partial charge is 0.522 e. The van der Waals surface area contributed by atoms with Crippen LogP contribution in [0.5, 0.6) is 11.5 Å². The number of likely N-dealkylation sites (tertiary alicyclic amines) is 1. The minimum absolute atomic E-state index is 0.179. The molecule has 192 valence electrons. The predicted octanol–water partition coefficient (Wildman–Crippen LogP) is 1.78. The molecule has 0 radical (unpaired) electrons. The van der Waals surface area contributed by atoms with E-state index in [1.807, 2.05) is 0 Å². The molecule has 0 aliphatic carbocycles. The lowest BCUT2D eigenvalue weighted by molar-refractivity contribution is -0.325. The minimum Gasteiger partial charge on any atom is -0.493 e. The number of nitrogens with zero attached hydrogens (tertiary/aromatic N) is 1. The predicted molar refractivity (Wildman–Crippen MR) is 125 cm³/mol. The summed E-state index contributed by atoms with van der Waals surface area (Å²) in [5.74, 6) is -0.299. The van der Waals surface area contributed by atoms with Gasteiger partial charge in [0.2, 0.25) is 0 Å². The second kappa shape index (κ2) is 9.95. The molecule has 7 nitrogen and oxygen atoms in total. The maximum Gasteiger partial charge on any atom is 0.522 e. The van der Waals surface area contributed by atoms with Crippen LogP contribution in [-0.4, -0.2) is 78.0 Å². The van der Waals surface area contributed by atoms with Crippen molar-refractivity contribution in [3.63, 3.8) is 0 Å². The number of hydrogen-bond donors (Lipinski definition) is 0. The first-order chi connectivity index (χ1) is 16.9. The summed E-state index contributed by atoms with van der Waals surface area (Å²) in [5.41, 5.74) is -0.852. The van der Waals surface area contributed by atoms with Gasteiger partial charge in [0.25, 0.3) is 5.91 Å². The first-order valence-corrected chi connectivity index (χ1v) is 11.4. The van der Waals surface area contributed by atoms with Gasteiger partial charge in [-0.05, 0) is 35.9 Å². The van der Waals surface area contributed by atoms with Gasteiger partial charge in [0, 0.05) is 18.5 Å². The second-order valence-corrected chi connectivity index (χ2v) is 9.02. The quantitative estimate of drug-likeness (QED) is 0.323. The number of alkyl halides is 3. The van der Waals surface area contributed by atoms with E-state index in [-0.39, 0.29) is 36.4 Å². The molecular weight excluding hydrogens is 484 g/mol. The van der Waals surface area contributed by atoms with E-state index in [2.05, 4.69) is 4.74 Å². The monoisotopic (exact) mass is 509 g/mol.